The van der Waals surface area contributed by atoms with Gasteiger partial charge in [-0.2, -0.15) is 10.2 Å². The molecule has 1 unspecified atom stereocenters. The molecule has 2 atom stereocenters. The van der Waals surface area contributed by atoms with Gasteiger partial charge < -0.3 is 38.7 Å². The Balaban J connectivity index is 0.000000182. The molecule has 0 saturated heterocycles. The second kappa shape index (κ2) is 20.8. The monoisotopic (exact) mass is 1000 g/mol. The van der Waals surface area contributed by atoms with Gasteiger partial charge in [-0.05, 0) is 85.3 Å². The van der Waals surface area contributed by atoms with Crippen LogP contribution in [-0.4, -0.2) is 97.3 Å². The Morgan fingerprint density at radius 2 is 0.865 bits per heavy atom. The number of methoxy groups -OCH3 is 4. The third-order valence-electron chi connectivity index (χ3n) is 13.8. The van der Waals surface area contributed by atoms with Crippen LogP contribution in [-0.2, 0) is 26.9 Å². The number of hydrogen-bond acceptors (Lipinski definition) is 8. The molecule has 10 rings (SSSR count). The summed E-state index contributed by atoms with van der Waals surface area (Å²) in [5, 5.41) is 19.8. The van der Waals surface area contributed by atoms with Crippen molar-refractivity contribution in [2.24, 2.45) is 24.3 Å². The molecule has 6 aromatic carbocycles. The van der Waals surface area contributed by atoms with Gasteiger partial charge in [0.15, 0.2) is 23.0 Å². The SMILES string of the molecule is CNC(=O)N1N=C(c2ccc(-c3ccc4c(ccn4C)c3)cc2)c2c(c(F)cc(OC)c2OC)CC1C.CNC(=O)N1N=C(c2ccc(-c3ccc4c(ccn4C)c3)cc2)c2c(c(F)cc(OC)c2OC)C[C@@H]1C. The van der Waals surface area contributed by atoms with E-state index in [4.69, 9.17) is 29.2 Å². The maximum Gasteiger partial charge on any atom is 0.337 e. The van der Waals surface area contributed by atoms with Gasteiger partial charge in [-0.3, -0.25) is 0 Å². The third kappa shape index (κ3) is 9.23. The molecule has 74 heavy (non-hydrogen) atoms. The summed E-state index contributed by atoms with van der Waals surface area (Å²) in [6.07, 6.45) is 4.60. The van der Waals surface area contributed by atoms with E-state index in [0.717, 1.165) is 55.2 Å². The molecule has 2 aromatic heterocycles. The van der Waals surface area contributed by atoms with Crippen LogP contribution in [0.3, 0.4) is 0 Å². The smallest absolute Gasteiger partial charge is 0.337 e. The topological polar surface area (TPSA) is 136 Å². The Morgan fingerprint density at radius 3 is 1.20 bits per heavy atom. The number of aromatic nitrogens is 2. The van der Waals surface area contributed by atoms with E-state index in [9.17, 15) is 9.59 Å². The van der Waals surface area contributed by atoms with Crippen molar-refractivity contribution in [2.45, 2.75) is 38.8 Å². The zero-order valence-electron chi connectivity index (χ0n) is 43.0. The summed E-state index contributed by atoms with van der Waals surface area (Å²) in [5.41, 5.74) is 10.7. The number of carbonyl (C=O) groups is 2. The minimum absolute atomic E-state index is 0.261. The lowest BCUT2D eigenvalue weighted by Crippen LogP contribution is -2.41. The number of rotatable bonds is 8. The number of aryl methyl sites for hydroxylation is 2. The molecule has 2 aliphatic heterocycles. The van der Waals surface area contributed by atoms with E-state index >= 15 is 8.78 Å². The minimum atomic E-state index is -0.432. The first kappa shape index (κ1) is 50.3. The van der Waals surface area contributed by atoms with Crippen LogP contribution in [0.2, 0.25) is 0 Å². The molecule has 16 heteroatoms. The van der Waals surface area contributed by atoms with Gasteiger partial charge in [-0.1, -0.05) is 60.7 Å². The Bertz CT molecular complexity index is 3280. The van der Waals surface area contributed by atoms with Crippen LogP contribution in [0.5, 0.6) is 23.0 Å². The maximum atomic E-state index is 15.4. The molecular weight excluding hydrogens is 943 g/mol. The molecule has 0 aliphatic carbocycles. The van der Waals surface area contributed by atoms with Crippen molar-refractivity contribution in [3.05, 3.63) is 167 Å². The standard InChI is InChI=1S/2C29H29FN4O3/c2*1-17-14-22-23(30)16-25(36-4)28(37-5)26(22)27(32-34(17)29(35)31-2)19-8-6-18(7-9-19)20-10-11-24-21(15-20)12-13-33(24)3/h2*6-13,15-17H,14H2,1-5H3,(H,31,35)/t17-;/m0./s1. The number of amides is 4. The van der Waals surface area contributed by atoms with Gasteiger partial charge in [0, 0.05) is 96.8 Å². The van der Waals surface area contributed by atoms with Crippen LogP contribution in [0, 0.1) is 11.6 Å². The molecule has 0 spiro atoms. The highest BCUT2D eigenvalue weighted by Crippen LogP contribution is 2.42. The van der Waals surface area contributed by atoms with Gasteiger partial charge in [-0.25, -0.2) is 28.4 Å². The largest absolute Gasteiger partial charge is 0.493 e. The zero-order chi connectivity index (χ0) is 52.5. The van der Waals surface area contributed by atoms with E-state index in [1.165, 1.54) is 50.6 Å². The van der Waals surface area contributed by atoms with Crippen molar-refractivity contribution < 1.29 is 37.3 Å². The van der Waals surface area contributed by atoms with Gasteiger partial charge in [0.2, 0.25) is 0 Å². The molecular formula is C58H58F2N8O6. The van der Waals surface area contributed by atoms with Gasteiger partial charge in [0.25, 0.3) is 0 Å². The Labute approximate surface area is 428 Å². The molecule has 2 N–H and O–H groups in total. The lowest BCUT2D eigenvalue weighted by Gasteiger charge is -2.22. The predicted molar refractivity (Wildman–Crippen MR) is 286 cm³/mol. The highest BCUT2D eigenvalue weighted by Gasteiger charge is 2.34. The lowest BCUT2D eigenvalue weighted by molar-refractivity contribution is 0.183. The first-order valence-corrected chi connectivity index (χ1v) is 24.1. The highest BCUT2D eigenvalue weighted by atomic mass is 19.1. The van der Waals surface area contributed by atoms with Crippen LogP contribution in [0.4, 0.5) is 18.4 Å². The van der Waals surface area contributed by atoms with E-state index in [1.54, 1.807) is 14.1 Å². The minimum Gasteiger partial charge on any atom is -0.493 e. The molecule has 0 radical (unpaired) electrons. The number of benzene rings is 6. The van der Waals surface area contributed by atoms with Gasteiger partial charge in [-0.15, -0.1) is 0 Å². The summed E-state index contributed by atoms with van der Waals surface area (Å²) in [6, 6.07) is 33.7. The zero-order valence-corrected chi connectivity index (χ0v) is 43.0. The number of urea groups is 2. The number of halogens is 2. The van der Waals surface area contributed by atoms with E-state index < -0.39 is 11.6 Å². The number of nitrogens with zero attached hydrogens (tertiary/aromatic N) is 6. The van der Waals surface area contributed by atoms with Crippen molar-refractivity contribution in [3.63, 3.8) is 0 Å². The number of hydrazone groups is 2. The molecule has 4 amide bonds. The average molecular weight is 1000 g/mol. The van der Waals surface area contributed by atoms with Gasteiger partial charge in [0.1, 0.15) is 23.1 Å². The molecule has 14 nitrogen and oxygen atoms in total. The van der Waals surface area contributed by atoms with Crippen LogP contribution in [0.1, 0.15) is 47.2 Å². The second-order valence-corrected chi connectivity index (χ2v) is 18.3. The number of carbonyl (C=O) groups excluding carboxylic acids is 2. The molecule has 4 heterocycles. The van der Waals surface area contributed by atoms with E-state index in [2.05, 4.69) is 68.3 Å². The van der Waals surface area contributed by atoms with Crippen molar-refractivity contribution >= 4 is 45.3 Å². The molecule has 0 saturated carbocycles. The molecule has 0 bridgehead atoms. The van der Waals surface area contributed by atoms with Crippen molar-refractivity contribution in [2.75, 3.05) is 42.5 Å². The third-order valence-corrected chi connectivity index (χ3v) is 13.8. The predicted octanol–water partition coefficient (Wildman–Crippen LogP) is 10.7. The van der Waals surface area contributed by atoms with E-state index in [-0.39, 0.29) is 48.5 Å². The summed E-state index contributed by atoms with van der Waals surface area (Å²) >= 11 is 0. The van der Waals surface area contributed by atoms with Crippen LogP contribution >= 0.6 is 0 Å². The summed E-state index contributed by atoms with van der Waals surface area (Å²) in [6.45, 7) is 3.68. The molecule has 2 aliphatic rings. The first-order valence-electron chi connectivity index (χ1n) is 24.1. The van der Waals surface area contributed by atoms with Gasteiger partial charge in [0.05, 0.1) is 51.6 Å². The summed E-state index contributed by atoms with van der Waals surface area (Å²) in [5.74, 6) is 0.419. The number of ether oxygens (including phenoxy) is 4. The molecule has 8 aromatic rings. The van der Waals surface area contributed by atoms with E-state index in [1.807, 2.05) is 88.9 Å². The normalized spacial score (nSPS) is 15.1. The van der Waals surface area contributed by atoms with E-state index in [0.29, 0.717) is 45.2 Å². The quantitative estimate of drug-likeness (QED) is 0.156. The number of fused-ring (bicyclic) bond motifs is 4. The Hall–Kier alpha value is -8.66. The first-order chi connectivity index (χ1) is 35.7. The lowest BCUT2D eigenvalue weighted by atomic mass is 9.92. The number of nitrogens with one attached hydrogen (secondary N) is 2. The number of hydrogen-bond donors (Lipinski definition) is 2. The molecule has 380 valence electrons. The summed E-state index contributed by atoms with van der Waals surface area (Å²) in [7, 11) is 13.1. The fraction of sp³-hybridized carbons (Fsp3) is 0.241. The Morgan fingerprint density at radius 1 is 0.514 bits per heavy atom. The van der Waals surface area contributed by atoms with Crippen LogP contribution < -0.4 is 29.6 Å². The molecule has 0 fully saturated rings. The Kier molecular flexibility index (Phi) is 14.2. The summed E-state index contributed by atoms with van der Waals surface area (Å²) in [4.78, 5) is 25.4. The fourth-order valence-electron chi connectivity index (χ4n) is 9.87. The maximum absolute atomic E-state index is 15.4. The van der Waals surface area contributed by atoms with Gasteiger partial charge >= 0.3 is 12.1 Å². The van der Waals surface area contributed by atoms with Crippen molar-refractivity contribution in [1.29, 1.82) is 0 Å². The van der Waals surface area contributed by atoms with Crippen molar-refractivity contribution in [1.82, 2.24) is 29.8 Å². The second-order valence-electron chi connectivity index (χ2n) is 18.3. The summed E-state index contributed by atoms with van der Waals surface area (Å²) < 4.78 is 57.2. The average Bonchev–Trinajstić information content (AvgIpc) is 3.88. The van der Waals surface area contributed by atoms with Crippen molar-refractivity contribution in [3.8, 4) is 45.3 Å². The highest BCUT2D eigenvalue weighted by molar-refractivity contribution is 6.17. The van der Waals surface area contributed by atoms with Crippen LogP contribution in [0.25, 0.3) is 44.1 Å². The fourth-order valence-corrected chi connectivity index (χ4v) is 9.87. The van der Waals surface area contributed by atoms with Crippen LogP contribution in [0.15, 0.2) is 132 Å².